The third-order valence-electron chi connectivity index (χ3n) is 5.74. The highest BCUT2D eigenvalue weighted by Crippen LogP contribution is 2.23. The van der Waals surface area contributed by atoms with Crippen molar-refractivity contribution in [3.05, 3.63) is 130 Å². The summed E-state index contributed by atoms with van der Waals surface area (Å²) in [6, 6.07) is 19.2. The number of carbonyl (C=O) groups excluding carboxylic acids is 4. The van der Waals surface area contributed by atoms with E-state index in [-0.39, 0.29) is 34.3 Å². The van der Waals surface area contributed by atoms with Crippen molar-refractivity contribution >= 4 is 35.3 Å². The average Bonchev–Trinajstić information content (AvgIpc) is 3.33. The molecule has 0 heterocycles. The minimum Gasteiger partial charge on any atom is -0.496 e. The zero-order valence-electron chi connectivity index (χ0n) is 21.7. The Morgan fingerprint density at radius 3 is 1.18 bits per heavy atom. The highest BCUT2D eigenvalue weighted by atomic mass is 16.5. The normalized spacial score (nSPS) is 17.9. The summed E-state index contributed by atoms with van der Waals surface area (Å²) in [6.45, 7) is 3.25. The second kappa shape index (κ2) is 12.9. The third kappa shape index (κ3) is 6.68. The second-order valence-electron chi connectivity index (χ2n) is 8.42. The highest BCUT2D eigenvalue weighted by molar-refractivity contribution is 6.36. The molecule has 38 heavy (non-hydrogen) atoms. The first-order valence-electron chi connectivity index (χ1n) is 11.8. The predicted octanol–water partition coefficient (Wildman–Crippen LogP) is 5.40. The molecule has 6 heteroatoms. The van der Waals surface area contributed by atoms with Gasteiger partial charge in [0.05, 0.1) is 14.2 Å². The Bertz CT molecular complexity index is 1320. The lowest BCUT2D eigenvalue weighted by molar-refractivity contribution is -0.117. The number of ether oxygens (including phenoxy) is 2. The summed E-state index contributed by atoms with van der Waals surface area (Å²) in [5.74, 6) is -0.521. The molecule has 0 saturated heterocycles. The van der Waals surface area contributed by atoms with Crippen LogP contribution in [0.25, 0.3) is 12.2 Å². The van der Waals surface area contributed by atoms with Crippen molar-refractivity contribution in [2.45, 2.75) is 13.8 Å². The van der Waals surface area contributed by atoms with Crippen molar-refractivity contribution in [2.75, 3.05) is 14.2 Å². The van der Waals surface area contributed by atoms with Gasteiger partial charge in [0.2, 0.25) is 0 Å². The lowest BCUT2D eigenvalue weighted by atomic mass is 10.1. The Morgan fingerprint density at radius 1 is 0.579 bits per heavy atom. The highest BCUT2D eigenvalue weighted by Gasteiger charge is 2.29. The van der Waals surface area contributed by atoms with Crippen molar-refractivity contribution < 1.29 is 28.7 Å². The molecule has 2 aliphatic rings. The van der Waals surface area contributed by atoms with Crippen LogP contribution in [0.3, 0.4) is 0 Å². The first-order valence-corrected chi connectivity index (χ1v) is 11.8. The molecule has 2 aromatic carbocycles. The summed E-state index contributed by atoms with van der Waals surface area (Å²) < 4.78 is 10.3. The first-order chi connectivity index (χ1) is 18.3. The molecule has 0 atom stereocenters. The van der Waals surface area contributed by atoms with Gasteiger partial charge in [0.15, 0.2) is 23.1 Å². The molecular formula is C32H28O6. The number of carbonyl (C=O) groups is 4. The maximum absolute atomic E-state index is 11.9. The molecule has 0 spiro atoms. The number of methoxy groups -OCH3 is 2. The summed E-state index contributed by atoms with van der Waals surface area (Å²) in [7, 11) is 2.90. The lowest BCUT2D eigenvalue weighted by Crippen LogP contribution is -2.07. The maximum atomic E-state index is 11.9. The third-order valence-corrected chi connectivity index (χ3v) is 5.74. The van der Waals surface area contributed by atoms with E-state index in [0.717, 1.165) is 11.1 Å². The standard InChI is InChI=1S/2C16H14O3/c2*1-11-10-13(17)15(16(11)18)14(19-2)9-8-12-6-4-3-5-7-12/h2*3-10H,1-2H3/b9-8+,15-14+;9-8+,15-14-. The van der Waals surface area contributed by atoms with E-state index in [1.807, 2.05) is 60.7 Å². The van der Waals surface area contributed by atoms with Crippen LogP contribution in [0.5, 0.6) is 0 Å². The largest absolute Gasteiger partial charge is 0.496 e. The maximum Gasteiger partial charge on any atom is 0.196 e. The number of hydrogen-bond acceptors (Lipinski definition) is 6. The van der Waals surface area contributed by atoms with Crippen LogP contribution in [0.4, 0.5) is 0 Å². The van der Waals surface area contributed by atoms with Crippen LogP contribution in [-0.2, 0) is 28.7 Å². The smallest absolute Gasteiger partial charge is 0.196 e. The van der Waals surface area contributed by atoms with Crippen molar-refractivity contribution in [3.63, 3.8) is 0 Å². The van der Waals surface area contributed by atoms with E-state index in [9.17, 15) is 19.2 Å². The molecule has 2 aromatic rings. The fourth-order valence-corrected chi connectivity index (χ4v) is 3.73. The molecule has 4 rings (SSSR count). The van der Waals surface area contributed by atoms with Gasteiger partial charge in [-0.25, -0.2) is 0 Å². The van der Waals surface area contributed by atoms with Crippen LogP contribution in [0.1, 0.15) is 25.0 Å². The average molecular weight is 509 g/mol. The molecule has 0 aliphatic heterocycles. The number of rotatable bonds is 6. The van der Waals surface area contributed by atoms with Gasteiger partial charge in [-0.1, -0.05) is 72.8 Å². The van der Waals surface area contributed by atoms with Crippen LogP contribution in [-0.4, -0.2) is 37.4 Å². The molecule has 0 aromatic heterocycles. The number of ketones is 4. The molecule has 2 aliphatic carbocycles. The van der Waals surface area contributed by atoms with E-state index in [0.29, 0.717) is 22.7 Å². The zero-order chi connectivity index (χ0) is 27.7. The van der Waals surface area contributed by atoms with Gasteiger partial charge < -0.3 is 9.47 Å². The summed E-state index contributed by atoms with van der Waals surface area (Å²) in [6.07, 6.45) is 9.58. The van der Waals surface area contributed by atoms with E-state index in [1.165, 1.54) is 26.4 Å². The lowest BCUT2D eigenvalue weighted by Gasteiger charge is -2.04. The monoisotopic (exact) mass is 508 g/mol. The summed E-state index contributed by atoms with van der Waals surface area (Å²) in [5.41, 5.74) is 3.05. The van der Waals surface area contributed by atoms with Crippen molar-refractivity contribution in [1.82, 2.24) is 0 Å². The Hall–Kier alpha value is -4.84. The molecule has 0 N–H and O–H groups in total. The van der Waals surface area contributed by atoms with E-state index in [2.05, 4.69) is 0 Å². The molecular weight excluding hydrogens is 480 g/mol. The van der Waals surface area contributed by atoms with Gasteiger partial charge in [0.1, 0.15) is 22.7 Å². The van der Waals surface area contributed by atoms with Crippen LogP contribution in [0.15, 0.2) is 119 Å². The molecule has 192 valence electrons. The summed E-state index contributed by atoms with van der Waals surface area (Å²) >= 11 is 0. The Kier molecular flexibility index (Phi) is 9.43. The number of benzene rings is 2. The molecule has 6 nitrogen and oxygen atoms in total. The van der Waals surface area contributed by atoms with Crippen LogP contribution >= 0.6 is 0 Å². The fourth-order valence-electron chi connectivity index (χ4n) is 3.73. The van der Waals surface area contributed by atoms with Crippen LogP contribution in [0.2, 0.25) is 0 Å². The van der Waals surface area contributed by atoms with Gasteiger partial charge in [-0.3, -0.25) is 19.2 Å². The predicted molar refractivity (Wildman–Crippen MR) is 147 cm³/mol. The van der Waals surface area contributed by atoms with Gasteiger partial charge in [-0.15, -0.1) is 0 Å². The number of allylic oxidation sites excluding steroid dienone is 8. The molecule has 0 bridgehead atoms. The topological polar surface area (TPSA) is 86.7 Å². The zero-order valence-corrected chi connectivity index (χ0v) is 21.7. The molecule has 0 unspecified atom stereocenters. The van der Waals surface area contributed by atoms with Crippen molar-refractivity contribution in [1.29, 1.82) is 0 Å². The van der Waals surface area contributed by atoms with E-state index in [4.69, 9.17) is 9.47 Å². The molecule has 0 amide bonds. The summed E-state index contributed by atoms with van der Waals surface area (Å²) in [5, 5.41) is 0. The first kappa shape index (κ1) is 27.7. The van der Waals surface area contributed by atoms with E-state index >= 15 is 0 Å². The minimum atomic E-state index is -0.294. The Balaban J connectivity index is 0.000000211. The van der Waals surface area contributed by atoms with Gasteiger partial charge in [-0.05, 0) is 49.3 Å². The van der Waals surface area contributed by atoms with E-state index in [1.54, 1.807) is 38.2 Å². The van der Waals surface area contributed by atoms with Crippen molar-refractivity contribution in [2.24, 2.45) is 0 Å². The quantitative estimate of drug-likeness (QED) is 0.295. The minimum absolute atomic E-state index is 0.104. The second-order valence-corrected chi connectivity index (χ2v) is 8.42. The van der Waals surface area contributed by atoms with Crippen molar-refractivity contribution in [3.8, 4) is 0 Å². The van der Waals surface area contributed by atoms with Crippen LogP contribution < -0.4 is 0 Å². The van der Waals surface area contributed by atoms with Gasteiger partial charge in [0.25, 0.3) is 0 Å². The van der Waals surface area contributed by atoms with E-state index < -0.39 is 0 Å². The summed E-state index contributed by atoms with van der Waals surface area (Å²) in [4.78, 5) is 47.2. The molecule has 0 saturated carbocycles. The van der Waals surface area contributed by atoms with Gasteiger partial charge in [-0.2, -0.15) is 0 Å². The van der Waals surface area contributed by atoms with Gasteiger partial charge >= 0.3 is 0 Å². The Morgan fingerprint density at radius 2 is 0.921 bits per heavy atom. The number of hydrogen-bond donors (Lipinski definition) is 0. The van der Waals surface area contributed by atoms with Crippen LogP contribution in [0, 0.1) is 0 Å². The fraction of sp³-hybridized carbons (Fsp3) is 0.125. The van der Waals surface area contributed by atoms with Gasteiger partial charge in [0, 0.05) is 11.1 Å². The number of Topliss-reactive ketones (excluding diaryl/α,β-unsaturated/α-hetero) is 2. The Labute approximate surface area is 222 Å². The SMILES string of the molecule is COC(/C=C/c1ccccc1)=C1/C(=O)C=C(C)C1=O.COC(/C=C/c1ccccc1)=C1\C(=O)C=C(C)C1=O. The molecule has 0 fully saturated rings. The molecule has 0 radical (unpaired) electrons.